The van der Waals surface area contributed by atoms with Crippen LogP contribution in [0.2, 0.25) is 0 Å². The van der Waals surface area contributed by atoms with E-state index < -0.39 is 0 Å². The Morgan fingerprint density at radius 1 is 1.56 bits per heavy atom. The first-order valence-electron chi connectivity index (χ1n) is 5.85. The van der Waals surface area contributed by atoms with Crippen LogP contribution in [0.15, 0.2) is 12.1 Å². The van der Waals surface area contributed by atoms with Crippen molar-refractivity contribution in [3.63, 3.8) is 0 Å². The van der Waals surface area contributed by atoms with Crippen molar-refractivity contribution in [3.05, 3.63) is 21.9 Å². The van der Waals surface area contributed by atoms with Crippen LogP contribution in [0, 0.1) is 17.8 Å². The van der Waals surface area contributed by atoms with Gasteiger partial charge in [-0.2, -0.15) is 11.8 Å². The first-order valence-corrected chi connectivity index (χ1v) is 7.82. The van der Waals surface area contributed by atoms with Crippen LogP contribution in [0.25, 0.3) is 0 Å². The van der Waals surface area contributed by atoms with Crippen molar-refractivity contribution >= 4 is 29.0 Å². The molecule has 0 bridgehead atoms. The molecule has 0 aromatic carbocycles. The summed E-state index contributed by atoms with van der Waals surface area (Å²) >= 11 is 3.31. The van der Waals surface area contributed by atoms with E-state index in [9.17, 15) is 4.79 Å². The lowest BCUT2D eigenvalue weighted by Gasteiger charge is -2.08. The van der Waals surface area contributed by atoms with Crippen LogP contribution in [-0.4, -0.2) is 35.7 Å². The van der Waals surface area contributed by atoms with Gasteiger partial charge < -0.3 is 10.4 Å². The van der Waals surface area contributed by atoms with Gasteiger partial charge in [-0.25, -0.2) is 0 Å². The van der Waals surface area contributed by atoms with Gasteiger partial charge >= 0.3 is 0 Å². The van der Waals surface area contributed by atoms with Crippen molar-refractivity contribution in [3.8, 4) is 11.8 Å². The number of carbonyl (C=O) groups is 1. The molecule has 1 aromatic rings. The monoisotopic (exact) mass is 281 g/mol. The molecule has 1 amide bonds. The molecule has 2 heterocycles. The number of amides is 1. The number of hydrogen-bond acceptors (Lipinski definition) is 4. The van der Waals surface area contributed by atoms with Crippen molar-refractivity contribution < 1.29 is 9.90 Å². The molecule has 2 N–H and O–H groups in total. The molecule has 96 valence electrons. The topological polar surface area (TPSA) is 49.3 Å². The third-order valence-corrected chi connectivity index (χ3v) is 4.93. The summed E-state index contributed by atoms with van der Waals surface area (Å²) in [4.78, 5) is 13.4. The predicted molar refractivity (Wildman–Crippen MR) is 76.0 cm³/mol. The summed E-state index contributed by atoms with van der Waals surface area (Å²) in [5, 5.41) is 11.6. The number of thiophene rings is 1. The molecule has 18 heavy (non-hydrogen) atoms. The first kappa shape index (κ1) is 13.5. The molecule has 1 aliphatic rings. The van der Waals surface area contributed by atoms with Crippen molar-refractivity contribution in [1.82, 2.24) is 5.32 Å². The highest BCUT2D eigenvalue weighted by molar-refractivity contribution is 7.99. The van der Waals surface area contributed by atoms with E-state index in [1.54, 1.807) is 6.07 Å². The standard InChI is InChI=1S/C13H15NO2S2/c15-6-1-2-11-3-4-12(18-11)13(16)14-8-10-5-7-17-9-10/h3-4,10,15H,5-9H2,(H,14,16). The van der Waals surface area contributed by atoms with Crippen molar-refractivity contribution in [2.45, 2.75) is 6.42 Å². The highest BCUT2D eigenvalue weighted by atomic mass is 32.2. The summed E-state index contributed by atoms with van der Waals surface area (Å²) in [6.07, 6.45) is 1.20. The lowest BCUT2D eigenvalue weighted by Crippen LogP contribution is -2.28. The van der Waals surface area contributed by atoms with Crippen LogP contribution in [0.1, 0.15) is 21.0 Å². The second-order valence-electron chi connectivity index (χ2n) is 4.06. The maximum Gasteiger partial charge on any atom is 0.261 e. The molecule has 1 fully saturated rings. The van der Waals surface area contributed by atoms with Gasteiger partial charge in [0, 0.05) is 6.54 Å². The van der Waals surface area contributed by atoms with Gasteiger partial charge in [0.15, 0.2) is 0 Å². The molecule has 1 aromatic heterocycles. The molecule has 1 unspecified atom stereocenters. The van der Waals surface area contributed by atoms with Crippen LogP contribution >= 0.6 is 23.1 Å². The predicted octanol–water partition coefficient (Wildman–Crippen LogP) is 1.57. The summed E-state index contributed by atoms with van der Waals surface area (Å²) in [5.74, 6) is 8.34. The molecule has 0 radical (unpaired) electrons. The summed E-state index contributed by atoms with van der Waals surface area (Å²) in [7, 11) is 0. The molecule has 2 rings (SSSR count). The van der Waals surface area contributed by atoms with Gasteiger partial charge in [-0.3, -0.25) is 4.79 Å². The molecule has 0 spiro atoms. The third-order valence-electron chi connectivity index (χ3n) is 2.70. The molecule has 1 saturated heterocycles. The minimum atomic E-state index is -0.154. The number of thioether (sulfide) groups is 1. The smallest absolute Gasteiger partial charge is 0.261 e. The lowest BCUT2D eigenvalue weighted by atomic mass is 10.1. The normalized spacial score (nSPS) is 18.2. The zero-order valence-corrected chi connectivity index (χ0v) is 11.6. The summed E-state index contributed by atoms with van der Waals surface area (Å²) < 4.78 is 0. The van der Waals surface area contributed by atoms with Crippen LogP contribution in [0.5, 0.6) is 0 Å². The van der Waals surface area contributed by atoms with Gasteiger partial charge in [0.05, 0.1) is 9.75 Å². The number of carbonyl (C=O) groups excluding carboxylic acids is 1. The average Bonchev–Trinajstić information content (AvgIpc) is 3.04. The molecule has 3 nitrogen and oxygen atoms in total. The highest BCUT2D eigenvalue weighted by Gasteiger charge is 2.17. The maximum absolute atomic E-state index is 11.9. The molecule has 0 saturated carbocycles. The highest BCUT2D eigenvalue weighted by Crippen LogP contribution is 2.22. The Bertz CT molecular complexity index is 467. The second kappa shape index (κ2) is 6.83. The Morgan fingerprint density at radius 3 is 3.17 bits per heavy atom. The molecular formula is C13H15NO2S2. The molecule has 5 heteroatoms. The van der Waals surface area contributed by atoms with E-state index in [2.05, 4.69) is 17.2 Å². The maximum atomic E-state index is 11.9. The summed E-state index contributed by atoms with van der Waals surface area (Å²) in [6.45, 7) is 0.611. The van der Waals surface area contributed by atoms with E-state index in [1.165, 1.54) is 23.5 Å². The van der Waals surface area contributed by atoms with E-state index in [-0.39, 0.29) is 12.5 Å². The Morgan fingerprint density at radius 2 is 2.44 bits per heavy atom. The molecule has 1 aliphatic heterocycles. The SMILES string of the molecule is O=C(NCC1CCSC1)c1ccc(C#CCO)s1. The van der Waals surface area contributed by atoms with Crippen molar-refractivity contribution in [2.24, 2.45) is 5.92 Å². The number of rotatable bonds is 3. The quantitative estimate of drug-likeness (QED) is 0.827. The number of hydrogen-bond donors (Lipinski definition) is 2. The summed E-state index contributed by atoms with van der Waals surface area (Å²) in [5.41, 5.74) is 0. The molecule has 1 atom stereocenters. The first-order chi connectivity index (χ1) is 8.79. The fraction of sp³-hybridized carbons (Fsp3) is 0.462. The van der Waals surface area contributed by atoms with E-state index in [0.29, 0.717) is 10.8 Å². The fourth-order valence-electron chi connectivity index (χ4n) is 1.72. The minimum Gasteiger partial charge on any atom is -0.384 e. The number of nitrogens with one attached hydrogen (secondary N) is 1. The van der Waals surface area contributed by atoms with Gasteiger partial charge in [-0.15, -0.1) is 11.3 Å². The van der Waals surface area contributed by atoms with E-state index >= 15 is 0 Å². The van der Waals surface area contributed by atoms with Gasteiger partial charge in [-0.05, 0) is 36.0 Å². The van der Waals surface area contributed by atoms with Crippen molar-refractivity contribution in [1.29, 1.82) is 0 Å². The Kier molecular flexibility index (Phi) is 5.12. The van der Waals surface area contributed by atoms with E-state index in [4.69, 9.17) is 5.11 Å². The average molecular weight is 281 g/mol. The van der Waals surface area contributed by atoms with Gasteiger partial charge in [0.25, 0.3) is 5.91 Å². The van der Waals surface area contributed by atoms with Gasteiger partial charge in [0.2, 0.25) is 0 Å². The largest absolute Gasteiger partial charge is 0.384 e. The number of aliphatic hydroxyl groups excluding tert-OH is 1. The van der Waals surface area contributed by atoms with Crippen LogP contribution < -0.4 is 5.32 Å². The Balaban J connectivity index is 1.86. The second-order valence-corrected chi connectivity index (χ2v) is 6.30. The summed E-state index contributed by atoms with van der Waals surface area (Å²) in [6, 6.07) is 3.60. The zero-order chi connectivity index (χ0) is 12.8. The van der Waals surface area contributed by atoms with E-state index in [1.807, 2.05) is 17.8 Å². The van der Waals surface area contributed by atoms with Gasteiger partial charge in [-0.1, -0.05) is 11.8 Å². The third kappa shape index (κ3) is 3.77. The number of aliphatic hydroxyl groups is 1. The van der Waals surface area contributed by atoms with Crippen LogP contribution in [-0.2, 0) is 0 Å². The minimum absolute atomic E-state index is 0.0195. The molecule has 0 aliphatic carbocycles. The van der Waals surface area contributed by atoms with Gasteiger partial charge in [0.1, 0.15) is 6.61 Å². The van der Waals surface area contributed by atoms with Crippen LogP contribution in [0.3, 0.4) is 0 Å². The Labute approximate surface area is 115 Å². The molecular weight excluding hydrogens is 266 g/mol. The van der Waals surface area contributed by atoms with Crippen molar-refractivity contribution in [2.75, 3.05) is 24.7 Å². The van der Waals surface area contributed by atoms with E-state index in [0.717, 1.165) is 17.2 Å². The lowest BCUT2D eigenvalue weighted by molar-refractivity contribution is 0.0952. The Hall–Kier alpha value is -0.960. The zero-order valence-electron chi connectivity index (χ0n) is 9.94. The van der Waals surface area contributed by atoms with Crippen LogP contribution in [0.4, 0.5) is 0 Å². The fourth-order valence-corrected chi connectivity index (χ4v) is 3.80.